The van der Waals surface area contributed by atoms with Gasteiger partial charge in [0.1, 0.15) is 28.5 Å². The van der Waals surface area contributed by atoms with Gasteiger partial charge in [-0.2, -0.15) is 0 Å². The van der Waals surface area contributed by atoms with Crippen molar-refractivity contribution in [3.8, 4) is 0 Å². The van der Waals surface area contributed by atoms with Crippen LogP contribution in [0.1, 0.15) is 49.2 Å². The summed E-state index contributed by atoms with van der Waals surface area (Å²) >= 11 is 5.99. The van der Waals surface area contributed by atoms with Crippen molar-refractivity contribution in [3.05, 3.63) is 98.3 Å². The lowest BCUT2D eigenvalue weighted by Gasteiger charge is -2.17. The summed E-state index contributed by atoms with van der Waals surface area (Å²) in [5.74, 6) is -0.131. The number of nitrogens with zero attached hydrogens (tertiary/aromatic N) is 4. The Balaban J connectivity index is 1.44. The van der Waals surface area contributed by atoms with E-state index in [-0.39, 0.29) is 29.4 Å². The Bertz CT molecular complexity index is 1560. The molecule has 41 heavy (non-hydrogen) atoms. The Morgan fingerprint density at radius 1 is 1.27 bits per heavy atom. The zero-order chi connectivity index (χ0) is 29.4. The van der Waals surface area contributed by atoms with Crippen LogP contribution in [0.3, 0.4) is 0 Å². The van der Waals surface area contributed by atoms with Gasteiger partial charge in [0.15, 0.2) is 0 Å². The molecule has 1 amide bonds. The molecule has 3 heterocycles. The molecule has 4 rings (SSSR count). The van der Waals surface area contributed by atoms with E-state index in [1.54, 1.807) is 30.5 Å². The van der Waals surface area contributed by atoms with Crippen molar-refractivity contribution < 1.29 is 9.18 Å². The lowest BCUT2D eigenvalue weighted by molar-refractivity contribution is -0.124. The van der Waals surface area contributed by atoms with Crippen LogP contribution in [-0.2, 0) is 11.2 Å². The van der Waals surface area contributed by atoms with E-state index >= 15 is 0 Å². The molecule has 1 atom stereocenters. The number of aryl methyl sites for hydroxylation is 2. The number of carbonyl (C=O) groups excluding carboxylic acids is 1. The van der Waals surface area contributed by atoms with Gasteiger partial charge < -0.3 is 16.4 Å². The molecule has 1 aliphatic heterocycles. The number of aromatic nitrogens is 3. The first kappa shape index (κ1) is 29.7. The number of nitrogens with two attached hydrogens (primary N) is 1. The van der Waals surface area contributed by atoms with Crippen LogP contribution in [0.25, 0.3) is 6.08 Å². The van der Waals surface area contributed by atoms with Crippen LogP contribution in [0.5, 0.6) is 0 Å². The van der Waals surface area contributed by atoms with Gasteiger partial charge >= 0.3 is 0 Å². The third-order valence-corrected chi connectivity index (χ3v) is 6.99. The van der Waals surface area contributed by atoms with Crippen molar-refractivity contribution in [2.24, 2.45) is 10.7 Å². The van der Waals surface area contributed by atoms with Gasteiger partial charge in [-0.15, -0.1) is 0 Å². The number of rotatable bonds is 11. The fraction of sp³-hybridized carbons (Fsp3) is 0.300. The second-order valence-electron chi connectivity index (χ2n) is 9.76. The molecule has 3 aromatic rings. The van der Waals surface area contributed by atoms with E-state index in [1.807, 2.05) is 13.0 Å². The lowest BCUT2D eigenvalue weighted by Crippen LogP contribution is -2.37. The first-order valence-electron chi connectivity index (χ1n) is 13.4. The number of hydrogen-bond acceptors (Lipinski definition) is 7. The van der Waals surface area contributed by atoms with Crippen molar-refractivity contribution in [1.29, 1.82) is 0 Å². The Morgan fingerprint density at radius 3 is 2.80 bits per heavy atom. The molecule has 4 N–H and O–H groups in total. The summed E-state index contributed by atoms with van der Waals surface area (Å²) in [7, 11) is 0. The number of nitrogens with one attached hydrogen (secondary N) is 2. The van der Waals surface area contributed by atoms with Crippen LogP contribution in [0, 0.1) is 12.7 Å². The van der Waals surface area contributed by atoms with Gasteiger partial charge in [-0.1, -0.05) is 48.7 Å². The third kappa shape index (κ3) is 7.46. The second-order valence-corrected chi connectivity index (χ2v) is 10.1. The van der Waals surface area contributed by atoms with Gasteiger partial charge in [-0.3, -0.25) is 19.1 Å². The molecule has 0 aliphatic carbocycles. The van der Waals surface area contributed by atoms with Gasteiger partial charge in [-0.05, 0) is 49.1 Å². The average molecular weight is 578 g/mol. The van der Waals surface area contributed by atoms with E-state index < -0.39 is 11.9 Å². The number of halogens is 2. The maximum Gasteiger partial charge on any atom is 0.277 e. The van der Waals surface area contributed by atoms with Crippen LogP contribution in [0.15, 0.2) is 69.9 Å². The molecule has 0 bridgehead atoms. The normalized spacial score (nSPS) is 15.3. The highest BCUT2D eigenvalue weighted by Gasteiger charge is 2.31. The number of aliphatic imine (C=N–C) groups is 1. The molecule has 214 valence electrons. The topological polar surface area (TPSA) is 127 Å². The highest BCUT2D eigenvalue weighted by atomic mass is 35.5. The third-order valence-electron chi connectivity index (χ3n) is 6.78. The minimum Gasteiger partial charge on any atom is -0.404 e. The summed E-state index contributed by atoms with van der Waals surface area (Å²) in [6, 6.07) is 7.27. The van der Waals surface area contributed by atoms with Crippen LogP contribution in [-0.4, -0.2) is 39.7 Å². The molecule has 1 aliphatic rings. The second kappa shape index (κ2) is 13.8. The van der Waals surface area contributed by atoms with E-state index in [0.29, 0.717) is 35.9 Å². The molecule has 1 unspecified atom stereocenters. The van der Waals surface area contributed by atoms with Crippen LogP contribution >= 0.6 is 11.6 Å². The van der Waals surface area contributed by atoms with Crippen molar-refractivity contribution in [2.75, 3.05) is 18.4 Å². The summed E-state index contributed by atoms with van der Waals surface area (Å²) in [6.07, 6.45) is 10.7. The summed E-state index contributed by atoms with van der Waals surface area (Å²) in [6.45, 7) is 4.55. The minimum absolute atomic E-state index is 0.158. The summed E-state index contributed by atoms with van der Waals surface area (Å²) in [5.41, 5.74) is 9.30. The SMILES string of the molecule is CCC/C(=C\c1cnc(Cl)cc1C)CNC(=O)C1CCc2ncc(NC/C(C=Nc3ccccc3F)=C/N)c(=O)n21. The quantitative estimate of drug-likeness (QED) is 0.220. The van der Waals surface area contributed by atoms with Gasteiger partial charge in [0.25, 0.3) is 5.56 Å². The maximum atomic E-state index is 13.9. The Morgan fingerprint density at radius 2 is 2.07 bits per heavy atom. The molecular formula is C30H33ClFN7O2. The molecule has 11 heteroatoms. The Hall–Kier alpha value is -4.31. The monoisotopic (exact) mass is 577 g/mol. The molecule has 0 spiro atoms. The van der Waals surface area contributed by atoms with Gasteiger partial charge in [-0.25, -0.2) is 14.4 Å². The number of para-hydroxylation sites is 1. The van der Waals surface area contributed by atoms with Crippen molar-refractivity contribution in [3.63, 3.8) is 0 Å². The van der Waals surface area contributed by atoms with E-state index in [2.05, 4.69) is 32.5 Å². The summed E-state index contributed by atoms with van der Waals surface area (Å²) < 4.78 is 15.3. The molecular weight excluding hydrogens is 545 g/mol. The first-order valence-corrected chi connectivity index (χ1v) is 13.8. The molecule has 0 saturated carbocycles. The van der Waals surface area contributed by atoms with Crippen molar-refractivity contribution >= 4 is 41.2 Å². The molecule has 2 aromatic heterocycles. The number of benzene rings is 1. The first-order chi connectivity index (χ1) is 19.8. The van der Waals surface area contributed by atoms with Crippen LogP contribution in [0.2, 0.25) is 5.15 Å². The van der Waals surface area contributed by atoms with Crippen molar-refractivity contribution in [2.45, 2.75) is 45.6 Å². The zero-order valence-corrected chi connectivity index (χ0v) is 23.8. The number of carbonyl (C=O) groups is 1. The van der Waals surface area contributed by atoms with E-state index in [9.17, 15) is 14.0 Å². The van der Waals surface area contributed by atoms with Crippen LogP contribution in [0.4, 0.5) is 15.8 Å². The number of amides is 1. The number of pyridine rings is 1. The van der Waals surface area contributed by atoms with Gasteiger partial charge in [0, 0.05) is 43.7 Å². The maximum absolute atomic E-state index is 13.9. The summed E-state index contributed by atoms with van der Waals surface area (Å²) in [5, 5.41) is 6.47. The lowest BCUT2D eigenvalue weighted by atomic mass is 10.0. The highest BCUT2D eigenvalue weighted by molar-refractivity contribution is 6.29. The smallest absolute Gasteiger partial charge is 0.277 e. The minimum atomic E-state index is -0.666. The number of anilines is 1. The van der Waals surface area contributed by atoms with E-state index in [1.165, 1.54) is 29.2 Å². The number of fused-ring (bicyclic) bond motifs is 1. The molecule has 0 fully saturated rings. The summed E-state index contributed by atoms with van der Waals surface area (Å²) in [4.78, 5) is 39.3. The average Bonchev–Trinajstić information content (AvgIpc) is 3.40. The van der Waals surface area contributed by atoms with E-state index in [0.717, 1.165) is 29.5 Å². The van der Waals surface area contributed by atoms with Gasteiger partial charge in [0.05, 0.1) is 11.9 Å². The zero-order valence-electron chi connectivity index (χ0n) is 23.0. The molecule has 0 saturated heterocycles. The van der Waals surface area contributed by atoms with E-state index in [4.69, 9.17) is 17.3 Å². The molecule has 9 nitrogen and oxygen atoms in total. The Labute approximate surface area is 243 Å². The largest absolute Gasteiger partial charge is 0.404 e. The fourth-order valence-corrected chi connectivity index (χ4v) is 4.80. The van der Waals surface area contributed by atoms with Crippen LogP contribution < -0.4 is 21.9 Å². The molecule has 0 radical (unpaired) electrons. The highest BCUT2D eigenvalue weighted by Crippen LogP contribution is 2.24. The fourth-order valence-electron chi connectivity index (χ4n) is 4.58. The number of hydrogen-bond donors (Lipinski definition) is 3. The van der Waals surface area contributed by atoms with Crippen molar-refractivity contribution in [1.82, 2.24) is 19.9 Å². The standard InChI is InChI=1S/C30H33ClFN7O2/c1-3-6-20(12-22-17-36-27(31)11-19(22)2)14-38-29(40)26-9-10-28-37-18-25(30(41)39(26)28)35-16-21(13-33)15-34-24-8-5-4-7-23(24)32/h4-5,7-8,11-13,15,17-18,26,35H,3,6,9-10,14,16,33H2,1-2H3,(H,38,40)/b20-12+,21-13+,34-15?. The van der Waals surface area contributed by atoms with Gasteiger partial charge in [0.2, 0.25) is 5.91 Å². The predicted octanol–water partition coefficient (Wildman–Crippen LogP) is 4.88. The molecule has 1 aromatic carbocycles. The Kier molecular flexibility index (Phi) is 10.0. The predicted molar refractivity (Wildman–Crippen MR) is 161 cm³/mol.